The lowest BCUT2D eigenvalue weighted by Crippen LogP contribution is -2.34. The highest BCUT2D eigenvalue weighted by molar-refractivity contribution is 5.94. The molecule has 0 saturated heterocycles. The van der Waals surface area contributed by atoms with Gasteiger partial charge in [-0.15, -0.1) is 0 Å². The van der Waals surface area contributed by atoms with Crippen LogP contribution in [0.15, 0.2) is 30.5 Å². The topological polar surface area (TPSA) is 79.0 Å². The molecule has 6 heteroatoms. The van der Waals surface area contributed by atoms with Crippen LogP contribution in [0.4, 0.5) is 0 Å². The average molecular weight is 388 g/mol. The van der Waals surface area contributed by atoms with Crippen molar-refractivity contribution < 1.29 is 9.59 Å². The van der Waals surface area contributed by atoms with Crippen LogP contribution in [-0.4, -0.2) is 44.9 Å². The van der Waals surface area contributed by atoms with Crippen molar-refractivity contribution in [3.63, 3.8) is 0 Å². The summed E-state index contributed by atoms with van der Waals surface area (Å²) in [4.78, 5) is 30.7. The smallest absolute Gasteiger partial charge is 0.298 e. The van der Waals surface area contributed by atoms with Gasteiger partial charge in [-0.3, -0.25) is 19.7 Å². The van der Waals surface area contributed by atoms with E-state index in [1.165, 1.54) is 12.8 Å². The SMILES string of the molecule is CC#CC(=O)N1CCC=C(c2ccc(CC(=O)Cc3cc(C4CC4)n[nH]3)cn2)C1. The normalized spacial score (nSPS) is 16.0. The fourth-order valence-corrected chi connectivity index (χ4v) is 3.57. The number of ketones is 1. The van der Waals surface area contributed by atoms with Gasteiger partial charge in [0.15, 0.2) is 0 Å². The molecule has 0 radical (unpaired) electrons. The van der Waals surface area contributed by atoms with E-state index in [1.807, 2.05) is 18.2 Å². The molecule has 1 fully saturated rings. The molecular formula is C23H24N4O2. The first-order chi connectivity index (χ1) is 14.1. The molecule has 0 bridgehead atoms. The molecule has 2 aromatic rings. The standard InChI is InChI=1S/C23H24N4O2/c1-2-4-23(29)27-10-3-5-18(15-27)21-9-6-16(14-24-21)11-20(28)12-19-13-22(26-25-19)17-7-8-17/h5-6,9,13-14,17H,3,7-8,10-12,15H2,1H3,(H,25,26). The molecule has 1 saturated carbocycles. The summed E-state index contributed by atoms with van der Waals surface area (Å²) in [7, 11) is 0. The number of carbonyl (C=O) groups excluding carboxylic acids is 2. The molecule has 2 aromatic heterocycles. The van der Waals surface area contributed by atoms with E-state index in [0.29, 0.717) is 31.8 Å². The number of pyridine rings is 1. The third kappa shape index (κ3) is 4.80. The molecule has 1 aliphatic heterocycles. The largest absolute Gasteiger partial charge is 0.327 e. The predicted molar refractivity (Wildman–Crippen MR) is 110 cm³/mol. The Bertz CT molecular complexity index is 1000. The highest BCUT2D eigenvalue weighted by Crippen LogP contribution is 2.39. The molecule has 29 heavy (non-hydrogen) atoms. The van der Waals surface area contributed by atoms with Crippen LogP contribution in [0.2, 0.25) is 0 Å². The van der Waals surface area contributed by atoms with Gasteiger partial charge in [0.2, 0.25) is 0 Å². The number of Topliss-reactive ketones (excluding diaryl/α,β-unsaturated/α-hetero) is 1. The van der Waals surface area contributed by atoms with Crippen molar-refractivity contribution in [3.05, 3.63) is 53.1 Å². The van der Waals surface area contributed by atoms with E-state index in [0.717, 1.165) is 34.6 Å². The fourth-order valence-electron chi connectivity index (χ4n) is 3.57. The summed E-state index contributed by atoms with van der Waals surface area (Å²) in [6.07, 6.45) is 7.77. The molecule has 2 aliphatic rings. The van der Waals surface area contributed by atoms with Crippen molar-refractivity contribution in [2.24, 2.45) is 0 Å². The number of hydrogen-bond acceptors (Lipinski definition) is 4. The number of nitrogens with one attached hydrogen (secondary N) is 1. The second kappa shape index (κ2) is 8.44. The number of hydrogen-bond donors (Lipinski definition) is 1. The molecular weight excluding hydrogens is 364 g/mol. The van der Waals surface area contributed by atoms with Crippen molar-refractivity contribution in [2.45, 2.75) is 44.9 Å². The van der Waals surface area contributed by atoms with E-state index >= 15 is 0 Å². The Balaban J connectivity index is 1.34. The molecule has 6 nitrogen and oxygen atoms in total. The van der Waals surface area contributed by atoms with Gasteiger partial charge in [0, 0.05) is 43.7 Å². The van der Waals surface area contributed by atoms with Crippen molar-refractivity contribution in [3.8, 4) is 11.8 Å². The van der Waals surface area contributed by atoms with Crippen molar-refractivity contribution in [1.82, 2.24) is 20.1 Å². The number of aromatic amines is 1. The second-order valence-corrected chi connectivity index (χ2v) is 7.66. The fraction of sp³-hybridized carbons (Fsp3) is 0.391. The van der Waals surface area contributed by atoms with E-state index in [-0.39, 0.29) is 11.7 Å². The van der Waals surface area contributed by atoms with E-state index in [1.54, 1.807) is 18.0 Å². The first-order valence-electron chi connectivity index (χ1n) is 10.0. The predicted octanol–water partition coefficient (Wildman–Crippen LogP) is 2.68. The van der Waals surface area contributed by atoms with E-state index in [4.69, 9.17) is 0 Å². The summed E-state index contributed by atoms with van der Waals surface area (Å²) < 4.78 is 0. The number of carbonyl (C=O) groups is 2. The van der Waals surface area contributed by atoms with Crippen LogP contribution in [0.1, 0.15) is 54.7 Å². The molecule has 3 heterocycles. The molecule has 4 rings (SSSR count). The summed E-state index contributed by atoms with van der Waals surface area (Å²) in [5.41, 5.74) is 4.71. The van der Waals surface area contributed by atoms with Crippen LogP contribution in [0.5, 0.6) is 0 Å². The molecule has 148 valence electrons. The Morgan fingerprint density at radius 1 is 1.28 bits per heavy atom. The summed E-state index contributed by atoms with van der Waals surface area (Å²) in [5.74, 6) is 5.82. The first kappa shape index (κ1) is 19.1. The number of amides is 1. The minimum absolute atomic E-state index is 0.136. The minimum atomic E-state index is -0.149. The molecule has 1 N–H and O–H groups in total. The van der Waals surface area contributed by atoms with Crippen LogP contribution in [0.3, 0.4) is 0 Å². The highest BCUT2D eigenvalue weighted by atomic mass is 16.2. The number of rotatable bonds is 6. The molecule has 1 aliphatic carbocycles. The average Bonchev–Trinajstić information content (AvgIpc) is 3.48. The van der Waals surface area contributed by atoms with Gasteiger partial charge >= 0.3 is 0 Å². The maximum atomic E-state index is 12.4. The van der Waals surface area contributed by atoms with Gasteiger partial charge in [-0.2, -0.15) is 5.10 Å². The number of H-pyrrole nitrogens is 1. The number of aromatic nitrogens is 3. The molecule has 1 amide bonds. The Morgan fingerprint density at radius 3 is 2.86 bits per heavy atom. The van der Waals surface area contributed by atoms with E-state index in [9.17, 15) is 9.59 Å². The Kier molecular flexibility index (Phi) is 5.57. The summed E-state index contributed by atoms with van der Waals surface area (Å²) in [5, 5.41) is 7.28. The molecule has 0 unspecified atom stereocenters. The summed E-state index contributed by atoms with van der Waals surface area (Å²) >= 11 is 0. The van der Waals surface area contributed by atoms with Gasteiger partial charge < -0.3 is 4.90 Å². The maximum Gasteiger partial charge on any atom is 0.298 e. The lowest BCUT2D eigenvalue weighted by Gasteiger charge is -2.25. The van der Waals surface area contributed by atoms with E-state index < -0.39 is 0 Å². The van der Waals surface area contributed by atoms with Gasteiger partial charge in [0.05, 0.1) is 11.4 Å². The quantitative estimate of drug-likeness (QED) is 0.772. The van der Waals surface area contributed by atoms with Gasteiger partial charge in [-0.25, -0.2) is 0 Å². The highest BCUT2D eigenvalue weighted by Gasteiger charge is 2.26. The van der Waals surface area contributed by atoms with Crippen LogP contribution < -0.4 is 0 Å². The second-order valence-electron chi connectivity index (χ2n) is 7.66. The van der Waals surface area contributed by atoms with Crippen LogP contribution in [0, 0.1) is 11.8 Å². The third-order valence-electron chi connectivity index (χ3n) is 5.26. The van der Waals surface area contributed by atoms with Crippen LogP contribution in [-0.2, 0) is 22.4 Å². The minimum Gasteiger partial charge on any atom is -0.327 e. The molecule has 0 atom stereocenters. The van der Waals surface area contributed by atoms with Gasteiger partial charge in [-0.1, -0.05) is 18.1 Å². The molecule has 0 spiro atoms. The lowest BCUT2D eigenvalue weighted by molar-refractivity contribution is -0.124. The van der Waals surface area contributed by atoms with Gasteiger partial charge in [0.1, 0.15) is 5.78 Å². The van der Waals surface area contributed by atoms with Crippen LogP contribution >= 0.6 is 0 Å². The zero-order valence-corrected chi connectivity index (χ0v) is 16.6. The van der Waals surface area contributed by atoms with Crippen molar-refractivity contribution in [1.29, 1.82) is 0 Å². The Morgan fingerprint density at radius 2 is 2.14 bits per heavy atom. The maximum absolute atomic E-state index is 12.4. The Hall–Kier alpha value is -3.20. The Labute approximate surface area is 170 Å². The number of nitrogens with zero attached hydrogens (tertiary/aromatic N) is 3. The van der Waals surface area contributed by atoms with Crippen molar-refractivity contribution >= 4 is 17.3 Å². The van der Waals surface area contributed by atoms with E-state index in [2.05, 4.69) is 33.1 Å². The van der Waals surface area contributed by atoms with Gasteiger partial charge in [0.25, 0.3) is 5.91 Å². The van der Waals surface area contributed by atoms with Crippen molar-refractivity contribution in [2.75, 3.05) is 13.1 Å². The third-order valence-corrected chi connectivity index (χ3v) is 5.26. The zero-order chi connectivity index (χ0) is 20.2. The summed E-state index contributed by atoms with van der Waals surface area (Å²) in [6.45, 7) is 2.86. The van der Waals surface area contributed by atoms with Gasteiger partial charge in [-0.05, 0) is 55.4 Å². The lowest BCUT2D eigenvalue weighted by atomic mass is 10.0. The first-order valence-corrected chi connectivity index (χ1v) is 10.0. The zero-order valence-electron chi connectivity index (χ0n) is 16.6. The monoisotopic (exact) mass is 388 g/mol. The summed E-state index contributed by atoms with van der Waals surface area (Å²) in [6, 6.07) is 5.88. The molecule has 0 aromatic carbocycles. The van der Waals surface area contributed by atoms with Crippen LogP contribution in [0.25, 0.3) is 5.57 Å².